The summed E-state index contributed by atoms with van der Waals surface area (Å²) >= 11 is 0. The molecule has 0 radical (unpaired) electrons. The molecule has 9 heteroatoms. The van der Waals surface area contributed by atoms with Gasteiger partial charge in [0.25, 0.3) is 0 Å². The molecule has 3 heterocycles. The molecular weight excluding hydrogens is 524 g/mol. The zero-order valence-electron chi connectivity index (χ0n) is 23.9. The third-order valence-corrected chi connectivity index (χ3v) is 7.52. The van der Waals surface area contributed by atoms with Gasteiger partial charge in [0.1, 0.15) is 0 Å². The van der Waals surface area contributed by atoms with E-state index in [1.165, 1.54) is 23.9 Å². The van der Waals surface area contributed by atoms with Gasteiger partial charge in [-0.1, -0.05) is 30.3 Å². The van der Waals surface area contributed by atoms with Crippen LogP contribution in [0.3, 0.4) is 0 Å². The van der Waals surface area contributed by atoms with Crippen LogP contribution in [0.5, 0.6) is 0 Å². The molecule has 3 aromatic carbocycles. The van der Waals surface area contributed by atoms with Gasteiger partial charge in [-0.2, -0.15) is 5.10 Å². The highest BCUT2D eigenvalue weighted by atomic mass is 16.1. The Morgan fingerprint density at radius 3 is 2.26 bits per heavy atom. The zero-order chi connectivity index (χ0) is 28.9. The van der Waals surface area contributed by atoms with Crippen LogP contribution in [0.1, 0.15) is 18.2 Å². The van der Waals surface area contributed by atoms with Crippen LogP contribution in [0.4, 0.5) is 23.0 Å². The van der Waals surface area contributed by atoms with Gasteiger partial charge in [-0.05, 0) is 61.5 Å². The molecule has 9 nitrogen and oxygen atoms in total. The molecule has 212 valence electrons. The highest BCUT2D eigenvalue weighted by Gasteiger charge is 2.19. The lowest BCUT2D eigenvalue weighted by molar-refractivity contribution is -0.114. The summed E-state index contributed by atoms with van der Waals surface area (Å²) in [5.74, 6) is 0.439. The summed E-state index contributed by atoms with van der Waals surface area (Å²) < 4.78 is 2.02. The second-order valence-corrected chi connectivity index (χ2v) is 10.5. The Hall–Kier alpha value is -5.02. The number of para-hydroxylation sites is 1. The van der Waals surface area contributed by atoms with Gasteiger partial charge in [-0.15, -0.1) is 0 Å². The normalized spacial score (nSPS) is 13.6. The SMILES string of the molecule is CC(=O)Nc1ccc(-c2ccnc(Nc3ccc(N4CCN(Cc5cnn(-c6ccccc6)c5C)CC4)cc3)n2)cc1. The van der Waals surface area contributed by atoms with Crippen molar-refractivity contribution >= 4 is 28.9 Å². The second kappa shape index (κ2) is 12.2. The van der Waals surface area contributed by atoms with E-state index in [0.29, 0.717) is 5.95 Å². The molecule has 0 spiro atoms. The van der Waals surface area contributed by atoms with Crippen molar-refractivity contribution in [1.82, 2.24) is 24.6 Å². The molecule has 0 aliphatic carbocycles. The first-order valence-electron chi connectivity index (χ1n) is 14.2. The number of carbonyl (C=O) groups excluding carboxylic acids is 1. The monoisotopic (exact) mass is 558 g/mol. The Balaban J connectivity index is 1.03. The maximum atomic E-state index is 11.3. The Bertz CT molecular complexity index is 1640. The number of anilines is 4. The van der Waals surface area contributed by atoms with E-state index in [4.69, 9.17) is 0 Å². The quantitative estimate of drug-likeness (QED) is 0.254. The molecule has 0 unspecified atom stereocenters. The lowest BCUT2D eigenvalue weighted by Gasteiger charge is -2.36. The molecule has 5 aromatic rings. The number of hydrogen-bond acceptors (Lipinski definition) is 7. The topological polar surface area (TPSA) is 91.2 Å². The van der Waals surface area contributed by atoms with Gasteiger partial charge in [0.2, 0.25) is 11.9 Å². The fraction of sp³-hybridized carbons (Fsp3) is 0.212. The van der Waals surface area contributed by atoms with Crippen molar-refractivity contribution in [3.8, 4) is 16.9 Å². The lowest BCUT2D eigenvalue weighted by atomic mass is 10.1. The second-order valence-electron chi connectivity index (χ2n) is 10.5. The molecular formula is C33H34N8O. The molecule has 6 rings (SSSR count). The molecule has 0 atom stereocenters. The third kappa shape index (κ3) is 6.31. The first kappa shape index (κ1) is 27.2. The fourth-order valence-corrected chi connectivity index (χ4v) is 5.23. The molecule has 1 aliphatic rings. The van der Waals surface area contributed by atoms with Crippen molar-refractivity contribution in [1.29, 1.82) is 0 Å². The maximum Gasteiger partial charge on any atom is 0.227 e. The zero-order valence-corrected chi connectivity index (χ0v) is 23.9. The number of nitrogens with zero attached hydrogens (tertiary/aromatic N) is 6. The minimum atomic E-state index is -0.0943. The highest BCUT2D eigenvalue weighted by molar-refractivity contribution is 5.88. The minimum Gasteiger partial charge on any atom is -0.369 e. The number of rotatable bonds is 8. The molecule has 0 bridgehead atoms. The first-order chi connectivity index (χ1) is 20.5. The summed E-state index contributed by atoms with van der Waals surface area (Å²) in [6, 6.07) is 28.2. The number of hydrogen-bond donors (Lipinski definition) is 2. The van der Waals surface area contributed by atoms with Crippen molar-refractivity contribution < 1.29 is 4.79 Å². The molecule has 42 heavy (non-hydrogen) atoms. The lowest BCUT2D eigenvalue weighted by Crippen LogP contribution is -2.46. The summed E-state index contributed by atoms with van der Waals surface area (Å²) in [6.07, 6.45) is 3.75. The Morgan fingerprint density at radius 1 is 0.833 bits per heavy atom. The molecule has 0 saturated carbocycles. The molecule has 1 fully saturated rings. The van der Waals surface area contributed by atoms with E-state index in [1.807, 2.05) is 59.4 Å². The van der Waals surface area contributed by atoms with Gasteiger partial charge in [-0.3, -0.25) is 9.69 Å². The van der Waals surface area contributed by atoms with Crippen molar-refractivity contribution in [2.24, 2.45) is 0 Å². The van der Waals surface area contributed by atoms with Crippen LogP contribution in [0.25, 0.3) is 16.9 Å². The van der Waals surface area contributed by atoms with E-state index < -0.39 is 0 Å². The number of nitrogens with one attached hydrogen (secondary N) is 2. The Kier molecular flexibility index (Phi) is 7.91. The van der Waals surface area contributed by atoms with Gasteiger partial charge >= 0.3 is 0 Å². The summed E-state index contributed by atoms with van der Waals surface area (Å²) in [6.45, 7) is 8.51. The Labute approximate surface area is 245 Å². The Morgan fingerprint density at radius 2 is 1.55 bits per heavy atom. The molecule has 2 N–H and O–H groups in total. The van der Waals surface area contributed by atoms with E-state index >= 15 is 0 Å². The van der Waals surface area contributed by atoms with Gasteiger partial charge in [0.05, 0.1) is 17.6 Å². The third-order valence-electron chi connectivity index (χ3n) is 7.52. The van der Waals surface area contributed by atoms with E-state index in [9.17, 15) is 4.79 Å². The maximum absolute atomic E-state index is 11.3. The summed E-state index contributed by atoms with van der Waals surface area (Å²) in [7, 11) is 0. The standard InChI is InChI=1S/C33H34N8O/c1-24-27(22-35-41(24)31-6-4-3-5-7-31)23-39-18-20-40(21-19-39)30-14-12-29(13-15-30)37-33-34-17-16-32(38-33)26-8-10-28(11-9-26)36-25(2)42/h3-17,22H,18-21,23H2,1-2H3,(H,36,42)(H,34,37,38). The van der Waals surface area contributed by atoms with E-state index in [0.717, 1.165) is 61.0 Å². The van der Waals surface area contributed by atoms with Crippen LogP contribution in [-0.2, 0) is 11.3 Å². The van der Waals surface area contributed by atoms with Crippen LogP contribution >= 0.6 is 0 Å². The number of piperazine rings is 1. The number of amides is 1. The summed E-state index contributed by atoms with van der Waals surface area (Å²) in [5.41, 5.74) is 8.22. The highest BCUT2D eigenvalue weighted by Crippen LogP contribution is 2.24. The summed E-state index contributed by atoms with van der Waals surface area (Å²) in [5, 5.41) is 10.7. The van der Waals surface area contributed by atoms with Crippen LogP contribution in [0.2, 0.25) is 0 Å². The fourth-order valence-electron chi connectivity index (χ4n) is 5.23. The number of aromatic nitrogens is 4. The van der Waals surface area contributed by atoms with Crippen molar-refractivity contribution in [3.05, 3.63) is 109 Å². The van der Waals surface area contributed by atoms with Crippen molar-refractivity contribution in [2.75, 3.05) is 41.7 Å². The average molecular weight is 559 g/mol. The van der Waals surface area contributed by atoms with Crippen molar-refractivity contribution in [2.45, 2.75) is 20.4 Å². The predicted octanol–water partition coefficient (Wildman–Crippen LogP) is 5.66. The molecule has 1 amide bonds. The van der Waals surface area contributed by atoms with Crippen LogP contribution in [0, 0.1) is 6.92 Å². The van der Waals surface area contributed by atoms with Gasteiger partial charge in [0.15, 0.2) is 0 Å². The van der Waals surface area contributed by atoms with Crippen LogP contribution < -0.4 is 15.5 Å². The minimum absolute atomic E-state index is 0.0943. The first-order valence-corrected chi connectivity index (χ1v) is 14.2. The van der Waals surface area contributed by atoms with Gasteiger partial charge in [0, 0.05) is 79.7 Å². The van der Waals surface area contributed by atoms with Crippen LogP contribution in [-0.4, -0.2) is 56.7 Å². The molecule has 1 saturated heterocycles. The van der Waals surface area contributed by atoms with E-state index in [2.05, 4.69) is 78.8 Å². The van der Waals surface area contributed by atoms with Crippen LogP contribution in [0.15, 0.2) is 97.3 Å². The van der Waals surface area contributed by atoms with E-state index in [1.54, 1.807) is 6.20 Å². The smallest absolute Gasteiger partial charge is 0.227 e. The largest absolute Gasteiger partial charge is 0.369 e. The predicted molar refractivity (Wildman–Crippen MR) is 167 cm³/mol. The van der Waals surface area contributed by atoms with Gasteiger partial charge < -0.3 is 15.5 Å². The summed E-state index contributed by atoms with van der Waals surface area (Å²) in [4.78, 5) is 25.3. The average Bonchev–Trinajstić information content (AvgIpc) is 3.38. The number of carbonyl (C=O) groups is 1. The van der Waals surface area contributed by atoms with Gasteiger partial charge in [-0.25, -0.2) is 14.6 Å². The van der Waals surface area contributed by atoms with E-state index in [-0.39, 0.29) is 5.91 Å². The number of benzene rings is 3. The van der Waals surface area contributed by atoms with Crippen molar-refractivity contribution in [3.63, 3.8) is 0 Å². The molecule has 1 aliphatic heterocycles. The molecule has 2 aromatic heterocycles.